The molecule has 3 rings (SSSR count). The summed E-state index contributed by atoms with van der Waals surface area (Å²) in [4.78, 5) is 32.9. The van der Waals surface area contributed by atoms with Gasteiger partial charge in [0.15, 0.2) is 11.5 Å². The number of nitrogens with zero attached hydrogens (tertiary/aromatic N) is 2. The van der Waals surface area contributed by atoms with Crippen molar-refractivity contribution in [1.29, 1.82) is 0 Å². The van der Waals surface area contributed by atoms with Crippen molar-refractivity contribution in [3.63, 3.8) is 0 Å². The molecule has 0 amide bonds. The number of hydrogen-bond donors (Lipinski definition) is 1. The number of Topliss-reactive ketones (excluding diaryl/α,β-unsaturated/α-hetero) is 2. The molecule has 0 saturated heterocycles. The third-order valence-corrected chi connectivity index (χ3v) is 4.63. The zero-order chi connectivity index (χ0) is 21.1. The number of carbonyl (C=O) groups is 2. The summed E-state index contributed by atoms with van der Waals surface area (Å²) in [5, 5.41) is 4.04. The van der Waals surface area contributed by atoms with Crippen LogP contribution >= 0.6 is 0 Å². The van der Waals surface area contributed by atoms with Crippen LogP contribution in [0.3, 0.4) is 0 Å². The molecular weight excluding hydrogens is 370 g/mol. The number of nitrogens with one attached hydrogen (secondary N) is 1. The maximum Gasteiger partial charge on any atom is 0.228 e. The van der Waals surface area contributed by atoms with Gasteiger partial charge in [-0.15, -0.1) is 0 Å². The number of anilines is 2. The quantitative estimate of drug-likeness (QED) is 0.477. The minimum absolute atomic E-state index is 0.333. The van der Waals surface area contributed by atoms with Crippen LogP contribution < -0.4 is 14.8 Å². The Balaban J connectivity index is 1.97. The molecular formula is C22H23N3O4. The maximum atomic E-state index is 12.3. The smallest absolute Gasteiger partial charge is 0.228 e. The van der Waals surface area contributed by atoms with Crippen molar-refractivity contribution < 1.29 is 19.1 Å². The van der Waals surface area contributed by atoms with Gasteiger partial charge in [-0.1, -0.05) is 13.8 Å². The van der Waals surface area contributed by atoms with Gasteiger partial charge in [0.25, 0.3) is 0 Å². The van der Waals surface area contributed by atoms with Crippen molar-refractivity contribution in [2.24, 2.45) is 5.92 Å². The van der Waals surface area contributed by atoms with E-state index in [1.807, 2.05) is 13.0 Å². The third kappa shape index (κ3) is 4.03. The summed E-state index contributed by atoms with van der Waals surface area (Å²) in [6, 6.07) is 8.71. The van der Waals surface area contributed by atoms with Gasteiger partial charge in [-0.25, -0.2) is 9.97 Å². The first-order valence-corrected chi connectivity index (χ1v) is 9.18. The van der Waals surface area contributed by atoms with Crippen LogP contribution in [0.1, 0.15) is 29.8 Å². The highest BCUT2D eigenvalue weighted by molar-refractivity contribution is 6.44. The molecule has 1 N–H and O–H groups in total. The number of rotatable bonds is 7. The Morgan fingerprint density at radius 1 is 1.00 bits per heavy atom. The molecule has 7 heteroatoms. The van der Waals surface area contributed by atoms with Crippen LogP contribution in [0.2, 0.25) is 0 Å². The first-order chi connectivity index (χ1) is 13.8. The van der Waals surface area contributed by atoms with E-state index in [-0.39, 0.29) is 5.92 Å². The summed E-state index contributed by atoms with van der Waals surface area (Å²) >= 11 is 0. The fourth-order valence-corrected chi connectivity index (χ4v) is 2.96. The molecule has 29 heavy (non-hydrogen) atoms. The Labute approximate surface area is 169 Å². The van der Waals surface area contributed by atoms with Crippen molar-refractivity contribution in [2.75, 3.05) is 19.5 Å². The Hall–Kier alpha value is -3.48. The molecule has 0 saturated carbocycles. The molecule has 0 spiro atoms. The predicted octanol–water partition coefficient (Wildman–Crippen LogP) is 4.11. The number of aryl methyl sites for hydroxylation is 1. The van der Waals surface area contributed by atoms with E-state index < -0.39 is 11.6 Å². The molecule has 2 aromatic carbocycles. The van der Waals surface area contributed by atoms with Gasteiger partial charge in [0, 0.05) is 28.6 Å². The number of hydrogen-bond acceptors (Lipinski definition) is 7. The van der Waals surface area contributed by atoms with Crippen LogP contribution in [0.5, 0.6) is 11.5 Å². The number of ether oxygens (including phenoxy) is 2. The van der Waals surface area contributed by atoms with E-state index in [0.29, 0.717) is 28.4 Å². The Bertz CT molecular complexity index is 1090. The SMILES string of the molecule is COc1cc2ncnc(Nc3ccc(C(=O)C(=O)C(C)C)cc3C)c2cc1OC. The van der Waals surface area contributed by atoms with E-state index in [2.05, 4.69) is 15.3 Å². The van der Waals surface area contributed by atoms with E-state index in [9.17, 15) is 9.59 Å². The molecule has 0 aliphatic heterocycles. The molecule has 0 bridgehead atoms. The number of ketones is 2. The standard InChI is InChI=1S/C22H23N3O4/c1-12(2)20(26)21(27)14-6-7-16(13(3)8-14)25-22-15-9-18(28-4)19(29-5)10-17(15)23-11-24-22/h6-12H,1-5H3,(H,23,24,25). The average molecular weight is 393 g/mol. The Kier molecular flexibility index (Phi) is 5.77. The Morgan fingerprint density at radius 3 is 2.31 bits per heavy atom. The van der Waals surface area contributed by atoms with Gasteiger partial charge in [-0.2, -0.15) is 0 Å². The molecule has 0 atom stereocenters. The number of fused-ring (bicyclic) bond motifs is 1. The molecule has 0 aliphatic carbocycles. The molecule has 3 aromatic rings. The number of carbonyl (C=O) groups excluding carboxylic acids is 2. The minimum atomic E-state index is -0.473. The normalized spacial score (nSPS) is 10.8. The summed E-state index contributed by atoms with van der Waals surface area (Å²) in [6.07, 6.45) is 1.46. The van der Waals surface area contributed by atoms with E-state index in [1.165, 1.54) is 6.33 Å². The minimum Gasteiger partial charge on any atom is -0.493 e. The van der Waals surface area contributed by atoms with Gasteiger partial charge in [0.2, 0.25) is 11.6 Å². The highest BCUT2D eigenvalue weighted by Crippen LogP contribution is 2.34. The summed E-state index contributed by atoms with van der Waals surface area (Å²) in [5.74, 6) is 0.546. The van der Waals surface area contributed by atoms with Gasteiger partial charge in [0.1, 0.15) is 12.1 Å². The second-order valence-corrected chi connectivity index (χ2v) is 6.95. The number of benzene rings is 2. The van der Waals surface area contributed by atoms with Gasteiger partial charge >= 0.3 is 0 Å². The number of methoxy groups -OCH3 is 2. The summed E-state index contributed by atoms with van der Waals surface area (Å²) in [7, 11) is 3.14. The molecule has 1 aromatic heterocycles. The van der Waals surface area contributed by atoms with Gasteiger partial charge in [-0.3, -0.25) is 9.59 Å². The number of aromatic nitrogens is 2. The second-order valence-electron chi connectivity index (χ2n) is 6.95. The monoisotopic (exact) mass is 393 g/mol. The second kappa shape index (κ2) is 8.26. The lowest BCUT2D eigenvalue weighted by Crippen LogP contribution is -2.19. The Morgan fingerprint density at radius 2 is 1.69 bits per heavy atom. The summed E-state index contributed by atoms with van der Waals surface area (Å²) < 4.78 is 10.7. The fourth-order valence-electron chi connectivity index (χ4n) is 2.96. The molecule has 7 nitrogen and oxygen atoms in total. The topological polar surface area (TPSA) is 90.4 Å². The fraction of sp³-hybridized carbons (Fsp3) is 0.273. The predicted molar refractivity (Wildman–Crippen MR) is 111 cm³/mol. The van der Waals surface area contributed by atoms with E-state index in [0.717, 1.165) is 16.6 Å². The summed E-state index contributed by atoms with van der Waals surface area (Å²) in [6.45, 7) is 5.30. The summed E-state index contributed by atoms with van der Waals surface area (Å²) in [5.41, 5.74) is 2.67. The molecule has 0 unspecified atom stereocenters. The van der Waals surface area contributed by atoms with Crippen molar-refractivity contribution in [3.05, 3.63) is 47.8 Å². The zero-order valence-corrected chi connectivity index (χ0v) is 17.1. The first kappa shape index (κ1) is 20.3. The van der Waals surface area contributed by atoms with Crippen LogP contribution in [0, 0.1) is 12.8 Å². The maximum absolute atomic E-state index is 12.3. The highest BCUT2D eigenvalue weighted by Gasteiger charge is 2.20. The van der Waals surface area contributed by atoms with Crippen molar-refractivity contribution >= 4 is 34.0 Å². The third-order valence-electron chi connectivity index (χ3n) is 4.63. The van der Waals surface area contributed by atoms with Crippen molar-refractivity contribution in [3.8, 4) is 11.5 Å². The molecule has 1 heterocycles. The van der Waals surface area contributed by atoms with E-state index in [4.69, 9.17) is 9.47 Å². The molecule has 150 valence electrons. The average Bonchev–Trinajstić information content (AvgIpc) is 2.73. The van der Waals surface area contributed by atoms with Gasteiger partial charge in [-0.05, 0) is 36.8 Å². The molecule has 0 aliphatic rings. The lowest BCUT2D eigenvalue weighted by Gasteiger charge is -2.14. The first-order valence-electron chi connectivity index (χ1n) is 9.18. The van der Waals surface area contributed by atoms with Crippen LogP contribution in [-0.2, 0) is 4.79 Å². The lowest BCUT2D eigenvalue weighted by atomic mass is 9.98. The van der Waals surface area contributed by atoms with Crippen LogP contribution in [-0.4, -0.2) is 35.8 Å². The van der Waals surface area contributed by atoms with E-state index in [1.54, 1.807) is 52.3 Å². The van der Waals surface area contributed by atoms with Crippen molar-refractivity contribution in [1.82, 2.24) is 9.97 Å². The molecule has 0 radical (unpaired) electrons. The van der Waals surface area contributed by atoms with Crippen LogP contribution in [0.4, 0.5) is 11.5 Å². The van der Waals surface area contributed by atoms with Crippen LogP contribution in [0.25, 0.3) is 10.9 Å². The van der Waals surface area contributed by atoms with Gasteiger partial charge in [0.05, 0.1) is 19.7 Å². The zero-order valence-electron chi connectivity index (χ0n) is 17.1. The van der Waals surface area contributed by atoms with Crippen LogP contribution in [0.15, 0.2) is 36.7 Å². The van der Waals surface area contributed by atoms with Gasteiger partial charge < -0.3 is 14.8 Å². The highest BCUT2D eigenvalue weighted by atomic mass is 16.5. The lowest BCUT2D eigenvalue weighted by molar-refractivity contribution is -0.117. The van der Waals surface area contributed by atoms with E-state index >= 15 is 0 Å². The van der Waals surface area contributed by atoms with Crippen molar-refractivity contribution in [2.45, 2.75) is 20.8 Å². The largest absolute Gasteiger partial charge is 0.493 e. The molecule has 0 fully saturated rings.